The van der Waals surface area contributed by atoms with Crippen LogP contribution in [0.5, 0.6) is 0 Å². The number of aryl methyl sites for hydroxylation is 1. The first-order chi connectivity index (χ1) is 15.6. The van der Waals surface area contributed by atoms with Crippen LogP contribution in [0.4, 0.5) is 10.1 Å². The number of benzene rings is 2. The number of anilines is 1. The molecule has 0 aliphatic heterocycles. The summed E-state index contributed by atoms with van der Waals surface area (Å²) in [5.74, 6) is -0.576. The minimum atomic E-state index is -0.312. The Bertz CT molecular complexity index is 1410. The number of hydrogen-bond donors (Lipinski definition) is 1. The number of nitrogens with one attached hydrogen (secondary N) is 1. The minimum absolute atomic E-state index is 0.264. The molecule has 8 heteroatoms. The number of amides is 1. The van der Waals surface area contributed by atoms with Crippen LogP contribution in [0, 0.1) is 5.82 Å². The molecule has 3 aromatic heterocycles. The molecule has 5 nitrogen and oxygen atoms in total. The van der Waals surface area contributed by atoms with E-state index in [0.717, 1.165) is 16.1 Å². The highest BCUT2D eigenvalue weighted by Crippen LogP contribution is 2.34. The van der Waals surface area contributed by atoms with E-state index >= 15 is 0 Å². The average molecular weight is 461 g/mol. The topological polar surface area (TPSA) is 59.8 Å². The van der Waals surface area contributed by atoms with E-state index < -0.39 is 0 Å². The maximum absolute atomic E-state index is 14.2. The van der Waals surface area contributed by atoms with E-state index in [1.165, 1.54) is 17.4 Å². The lowest BCUT2D eigenvalue weighted by Crippen LogP contribution is -2.16. The minimum Gasteiger partial charge on any atom is -0.320 e. The average Bonchev–Trinajstić information content (AvgIpc) is 3.55. The fraction of sp³-hybridized carbons (Fsp3) is 0.0417. The van der Waals surface area contributed by atoms with Gasteiger partial charge in [0.1, 0.15) is 22.2 Å². The van der Waals surface area contributed by atoms with Crippen molar-refractivity contribution in [2.75, 3.05) is 5.32 Å². The molecule has 0 saturated carbocycles. The first-order valence-corrected chi connectivity index (χ1v) is 11.5. The van der Waals surface area contributed by atoms with E-state index in [0.29, 0.717) is 27.6 Å². The Hall–Kier alpha value is -3.62. The fourth-order valence-corrected chi connectivity index (χ4v) is 4.91. The van der Waals surface area contributed by atoms with Crippen LogP contribution >= 0.6 is 22.7 Å². The van der Waals surface area contributed by atoms with E-state index in [2.05, 4.69) is 15.4 Å². The van der Waals surface area contributed by atoms with Crippen molar-refractivity contribution < 1.29 is 9.18 Å². The van der Waals surface area contributed by atoms with Gasteiger partial charge >= 0.3 is 0 Å². The fourth-order valence-electron chi connectivity index (χ4n) is 3.38. The van der Waals surface area contributed by atoms with Gasteiger partial charge in [-0.25, -0.2) is 9.37 Å². The lowest BCUT2D eigenvalue weighted by molar-refractivity contribution is 0.101. The van der Waals surface area contributed by atoms with Gasteiger partial charge in [0, 0.05) is 23.6 Å². The van der Waals surface area contributed by atoms with Crippen molar-refractivity contribution in [2.45, 2.75) is 0 Å². The predicted molar refractivity (Wildman–Crippen MR) is 127 cm³/mol. The number of nitrogens with zero attached hydrogens (tertiary/aromatic N) is 3. The first kappa shape index (κ1) is 20.3. The van der Waals surface area contributed by atoms with Crippen molar-refractivity contribution in [3.63, 3.8) is 0 Å². The molecular weight excluding hydrogens is 443 g/mol. The number of para-hydroxylation sites is 1. The van der Waals surface area contributed by atoms with Crippen molar-refractivity contribution in [3.8, 4) is 32.4 Å². The molecule has 5 rings (SSSR count). The van der Waals surface area contributed by atoms with E-state index in [-0.39, 0.29) is 11.7 Å². The maximum atomic E-state index is 14.2. The third-order valence-corrected chi connectivity index (χ3v) is 6.71. The first-order valence-electron chi connectivity index (χ1n) is 9.79. The summed E-state index contributed by atoms with van der Waals surface area (Å²) in [4.78, 5) is 18.7. The zero-order chi connectivity index (χ0) is 22.1. The zero-order valence-corrected chi connectivity index (χ0v) is 18.6. The van der Waals surface area contributed by atoms with Gasteiger partial charge in [-0.2, -0.15) is 5.10 Å². The van der Waals surface area contributed by atoms with Gasteiger partial charge in [-0.05, 0) is 35.7 Å². The summed E-state index contributed by atoms with van der Waals surface area (Å²) >= 11 is 2.94. The van der Waals surface area contributed by atoms with Crippen LogP contribution in [0.15, 0.2) is 77.5 Å². The smallest absolute Gasteiger partial charge is 0.273 e. The monoisotopic (exact) mass is 460 g/mol. The normalized spacial score (nSPS) is 10.9. The molecule has 3 heterocycles. The number of thiophene rings is 1. The Morgan fingerprint density at radius 3 is 2.53 bits per heavy atom. The van der Waals surface area contributed by atoms with E-state index in [1.807, 2.05) is 47.2 Å². The van der Waals surface area contributed by atoms with Crippen molar-refractivity contribution in [3.05, 3.63) is 89.0 Å². The van der Waals surface area contributed by atoms with Gasteiger partial charge in [0.05, 0.1) is 16.3 Å². The maximum Gasteiger partial charge on any atom is 0.273 e. The third-order valence-electron chi connectivity index (χ3n) is 4.95. The number of thiazole rings is 1. The molecule has 1 amide bonds. The summed E-state index contributed by atoms with van der Waals surface area (Å²) in [6, 6.07) is 19.7. The van der Waals surface area contributed by atoms with Gasteiger partial charge < -0.3 is 5.32 Å². The van der Waals surface area contributed by atoms with E-state index in [9.17, 15) is 9.18 Å². The van der Waals surface area contributed by atoms with Gasteiger partial charge in [0.15, 0.2) is 0 Å². The van der Waals surface area contributed by atoms with Gasteiger partial charge in [-0.3, -0.25) is 9.48 Å². The van der Waals surface area contributed by atoms with Crippen LogP contribution in [0.3, 0.4) is 0 Å². The Kier molecular flexibility index (Phi) is 5.38. The Morgan fingerprint density at radius 2 is 1.75 bits per heavy atom. The predicted octanol–water partition coefficient (Wildman–Crippen LogP) is 6.33. The summed E-state index contributed by atoms with van der Waals surface area (Å²) < 4.78 is 15.7. The molecule has 0 atom stereocenters. The molecular formula is C24H17FN4OS2. The Morgan fingerprint density at radius 1 is 0.969 bits per heavy atom. The van der Waals surface area contributed by atoms with Gasteiger partial charge in [-0.15, -0.1) is 22.7 Å². The second kappa shape index (κ2) is 8.49. The standard InChI is InChI=1S/C24H17FN4OS2/c1-29-21(13-19(28-29)22-11-6-12-31-22)23(30)26-18-10-5-3-8-16(18)20-14-32-24(27-20)15-7-2-4-9-17(15)25/h2-14H,1H3,(H,26,30). The molecule has 2 aromatic carbocycles. The summed E-state index contributed by atoms with van der Waals surface area (Å²) in [6.45, 7) is 0. The van der Waals surface area contributed by atoms with Crippen LogP contribution < -0.4 is 5.32 Å². The number of aromatic nitrogens is 3. The summed E-state index contributed by atoms with van der Waals surface area (Å²) in [7, 11) is 1.75. The number of hydrogen-bond acceptors (Lipinski definition) is 5. The zero-order valence-electron chi connectivity index (χ0n) is 16.9. The van der Waals surface area contributed by atoms with Crippen molar-refractivity contribution in [2.24, 2.45) is 7.05 Å². The van der Waals surface area contributed by atoms with Crippen LogP contribution in [-0.4, -0.2) is 20.7 Å². The van der Waals surface area contributed by atoms with Gasteiger partial charge in [0.2, 0.25) is 0 Å². The molecule has 0 aliphatic carbocycles. The van der Waals surface area contributed by atoms with E-state index in [1.54, 1.807) is 47.3 Å². The lowest BCUT2D eigenvalue weighted by atomic mass is 10.1. The second-order valence-corrected chi connectivity index (χ2v) is 8.84. The quantitative estimate of drug-likeness (QED) is 0.333. The van der Waals surface area contributed by atoms with Gasteiger partial charge in [0.25, 0.3) is 5.91 Å². The molecule has 1 N–H and O–H groups in total. The highest BCUT2D eigenvalue weighted by Gasteiger charge is 2.18. The molecule has 158 valence electrons. The molecule has 0 radical (unpaired) electrons. The van der Waals surface area contributed by atoms with Crippen LogP contribution in [-0.2, 0) is 7.05 Å². The summed E-state index contributed by atoms with van der Waals surface area (Å²) in [6.07, 6.45) is 0. The summed E-state index contributed by atoms with van der Waals surface area (Å²) in [5.41, 5.74) is 3.74. The molecule has 0 spiro atoms. The van der Waals surface area contributed by atoms with Crippen LogP contribution in [0.1, 0.15) is 10.5 Å². The van der Waals surface area contributed by atoms with E-state index in [4.69, 9.17) is 0 Å². The highest BCUT2D eigenvalue weighted by molar-refractivity contribution is 7.13. The largest absolute Gasteiger partial charge is 0.320 e. The molecule has 0 fully saturated rings. The number of carbonyl (C=O) groups is 1. The summed E-state index contributed by atoms with van der Waals surface area (Å²) in [5, 5.41) is 11.9. The highest BCUT2D eigenvalue weighted by atomic mass is 32.1. The molecule has 5 aromatic rings. The van der Waals surface area contributed by atoms with Gasteiger partial charge in [-0.1, -0.05) is 36.4 Å². The van der Waals surface area contributed by atoms with Crippen LogP contribution in [0.2, 0.25) is 0 Å². The second-order valence-electron chi connectivity index (χ2n) is 7.03. The number of rotatable bonds is 5. The molecule has 0 aliphatic rings. The third kappa shape index (κ3) is 3.86. The molecule has 0 saturated heterocycles. The van der Waals surface area contributed by atoms with Crippen molar-refractivity contribution in [1.29, 1.82) is 0 Å². The number of carbonyl (C=O) groups excluding carboxylic acids is 1. The van der Waals surface area contributed by atoms with Crippen LogP contribution in [0.25, 0.3) is 32.4 Å². The Labute approximate surface area is 191 Å². The lowest BCUT2D eigenvalue weighted by Gasteiger charge is -2.09. The van der Waals surface area contributed by atoms with Crippen molar-refractivity contribution in [1.82, 2.24) is 14.8 Å². The molecule has 32 heavy (non-hydrogen) atoms. The molecule has 0 bridgehead atoms. The Balaban J connectivity index is 1.44. The number of halogens is 1. The molecule has 0 unspecified atom stereocenters. The SMILES string of the molecule is Cn1nc(-c2cccs2)cc1C(=O)Nc1ccccc1-c1csc(-c2ccccc2F)n1. The van der Waals surface area contributed by atoms with Crippen molar-refractivity contribution >= 4 is 34.3 Å².